The molecule has 0 spiro atoms. The van der Waals surface area contributed by atoms with Crippen LogP contribution in [0.1, 0.15) is 34.1 Å². The Morgan fingerprint density at radius 3 is 2.50 bits per heavy atom. The van der Waals surface area contributed by atoms with Gasteiger partial charge in [-0.2, -0.15) is 9.53 Å². The first-order valence-corrected chi connectivity index (χ1v) is 6.25. The molecule has 0 bridgehead atoms. The number of ether oxygens (including phenoxy) is 2. The molecule has 0 unspecified atom stereocenters. The molecule has 0 heterocycles. The molecule has 7 heteroatoms. The molecule has 106 valence electrons. The molecule has 0 aliphatic carbocycles. The predicted octanol–water partition coefficient (Wildman–Crippen LogP) is 1.88. The van der Waals surface area contributed by atoms with Gasteiger partial charge in [-0.3, -0.25) is 0 Å². The van der Waals surface area contributed by atoms with Crippen LogP contribution < -0.4 is 5.59 Å². The number of nitrogens with zero attached hydrogens (tertiary/aromatic N) is 2. The van der Waals surface area contributed by atoms with Crippen LogP contribution in [0.3, 0.4) is 0 Å². The highest BCUT2D eigenvalue weighted by atomic mass is 16.7. The van der Waals surface area contributed by atoms with E-state index in [1.54, 1.807) is 13.8 Å². The molecule has 0 fully saturated rings. The highest BCUT2D eigenvalue weighted by molar-refractivity contribution is 5.59. The summed E-state index contributed by atoms with van der Waals surface area (Å²) in [5, 5.41) is 3.96. The van der Waals surface area contributed by atoms with Crippen molar-refractivity contribution in [3.8, 4) is 0 Å². The molecule has 1 N–H and O–H groups in total. The average Bonchev–Trinajstić information content (AvgIpc) is 2.32. The number of rotatable bonds is 9. The summed E-state index contributed by atoms with van der Waals surface area (Å²) in [7, 11) is 0. The van der Waals surface area contributed by atoms with Crippen molar-refractivity contribution in [3.63, 3.8) is 0 Å². The Hall–Kier alpha value is -1.37. The van der Waals surface area contributed by atoms with Crippen molar-refractivity contribution in [2.75, 3.05) is 26.3 Å². The van der Waals surface area contributed by atoms with Crippen molar-refractivity contribution >= 4 is 6.16 Å². The summed E-state index contributed by atoms with van der Waals surface area (Å²) >= 11 is 0. The highest BCUT2D eigenvalue weighted by Gasteiger charge is 2.05. The lowest BCUT2D eigenvalue weighted by atomic mass is 10.5. The van der Waals surface area contributed by atoms with Crippen LogP contribution in [0.15, 0.2) is 5.22 Å². The molecule has 0 saturated carbocycles. The van der Waals surface area contributed by atoms with E-state index < -0.39 is 6.16 Å². The summed E-state index contributed by atoms with van der Waals surface area (Å²) in [6.07, 6.45) is -0.234. The van der Waals surface area contributed by atoms with Gasteiger partial charge in [0.2, 0.25) is 0 Å². The maximum Gasteiger partial charge on any atom is 0.508 e. The van der Waals surface area contributed by atoms with E-state index in [-0.39, 0.29) is 12.7 Å². The largest absolute Gasteiger partial charge is 0.508 e. The number of hydrogen-bond acceptors (Lipinski definition) is 5. The molecular formula is C11H24N3O4+. The number of nitrogens with one attached hydrogen (secondary N) is 1. The minimum atomic E-state index is -0.647. The van der Waals surface area contributed by atoms with Crippen LogP contribution in [0, 0.1) is 0 Å². The lowest BCUT2D eigenvalue weighted by molar-refractivity contribution is -0.597. The Kier molecular flexibility index (Phi) is 9.94. The van der Waals surface area contributed by atoms with Gasteiger partial charge in [-0.1, -0.05) is 0 Å². The van der Waals surface area contributed by atoms with Crippen LogP contribution >= 0.6 is 0 Å². The maximum atomic E-state index is 11.0. The van der Waals surface area contributed by atoms with Gasteiger partial charge in [-0.25, -0.2) is 4.79 Å². The van der Waals surface area contributed by atoms with E-state index in [0.29, 0.717) is 13.0 Å². The summed E-state index contributed by atoms with van der Waals surface area (Å²) in [5.41, 5.74) is 2.49. The smallest absolute Gasteiger partial charge is 0.434 e. The molecular weight excluding hydrogens is 238 g/mol. The third-order valence-corrected chi connectivity index (χ3v) is 1.92. The van der Waals surface area contributed by atoms with Crippen LogP contribution in [0.2, 0.25) is 0 Å². The molecule has 0 saturated heterocycles. The summed E-state index contributed by atoms with van der Waals surface area (Å²) < 4.78 is 11.4. The molecule has 0 aliphatic rings. The molecule has 0 aromatic carbocycles. The van der Waals surface area contributed by atoms with Gasteiger partial charge >= 0.3 is 6.16 Å². The normalized spacial score (nSPS) is 10.1. The SMILES string of the molecule is CC[N+](CC)=NNOCCCOC(=O)OC(C)C. The zero-order valence-electron chi connectivity index (χ0n) is 11.6. The highest BCUT2D eigenvalue weighted by Crippen LogP contribution is 1.93. The van der Waals surface area contributed by atoms with E-state index in [2.05, 4.69) is 10.8 Å². The quantitative estimate of drug-likeness (QED) is 0.226. The fourth-order valence-corrected chi connectivity index (χ4v) is 1.01. The third kappa shape index (κ3) is 9.83. The van der Waals surface area contributed by atoms with Crippen molar-refractivity contribution in [1.29, 1.82) is 0 Å². The van der Waals surface area contributed by atoms with Crippen molar-refractivity contribution < 1.29 is 23.8 Å². The topological polar surface area (TPSA) is 72.2 Å². The van der Waals surface area contributed by atoms with Crippen molar-refractivity contribution in [1.82, 2.24) is 5.59 Å². The van der Waals surface area contributed by atoms with Crippen LogP contribution in [-0.2, 0) is 14.3 Å². The fourth-order valence-electron chi connectivity index (χ4n) is 1.01. The molecule has 0 aliphatic heterocycles. The molecule has 0 radical (unpaired) electrons. The first kappa shape index (κ1) is 16.6. The van der Waals surface area contributed by atoms with Gasteiger partial charge in [-0.15, -0.1) is 0 Å². The van der Waals surface area contributed by atoms with Gasteiger partial charge in [0.25, 0.3) is 0 Å². The van der Waals surface area contributed by atoms with Crippen LogP contribution in [0.4, 0.5) is 4.79 Å². The van der Waals surface area contributed by atoms with Crippen LogP contribution in [0.5, 0.6) is 0 Å². The average molecular weight is 262 g/mol. The molecule has 18 heavy (non-hydrogen) atoms. The molecule has 0 amide bonds. The van der Waals surface area contributed by atoms with Gasteiger partial charge in [0, 0.05) is 6.42 Å². The van der Waals surface area contributed by atoms with E-state index >= 15 is 0 Å². The summed E-state index contributed by atoms with van der Waals surface area (Å²) in [6, 6.07) is 0. The minimum absolute atomic E-state index is 0.164. The first-order chi connectivity index (χ1) is 8.60. The zero-order valence-corrected chi connectivity index (χ0v) is 11.6. The van der Waals surface area contributed by atoms with Gasteiger partial charge in [0.05, 0.1) is 12.7 Å². The van der Waals surface area contributed by atoms with Crippen LogP contribution in [-0.4, -0.2) is 43.3 Å². The standard InChI is InChI=1S/C11H23N3O4/c1-5-14(6-2)12-13-17-9-7-8-16-11(15)18-10(3)4/h10H,5-9H2,1-4H3/p+1. The second-order valence-electron chi connectivity index (χ2n) is 3.80. The van der Waals surface area contributed by atoms with E-state index in [1.807, 2.05) is 18.5 Å². The van der Waals surface area contributed by atoms with Crippen molar-refractivity contribution in [2.45, 2.75) is 40.2 Å². The second kappa shape index (κ2) is 10.8. The Bertz CT molecular complexity index is 251. The van der Waals surface area contributed by atoms with Gasteiger partial charge in [0.15, 0.2) is 0 Å². The Balaban J connectivity index is 3.41. The van der Waals surface area contributed by atoms with Gasteiger partial charge in [-0.05, 0) is 33.3 Å². The zero-order chi connectivity index (χ0) is 13.8. The third-order valence-electron chi connectivity index (χ3n) is 1.92. The Labute approximate surface area is 108 Å². The fraction of sp³-hybridized carbons (Fsp3) is 0.909. The van der Waals surface area contributed by atoms with Crippen molar-refractivity contribution in [3.05, 3.63) is 0 Å². The van der Waals surface area contributed by atoms with E-state index in [4.69, 9.17) is 14.3 Å². The Morgan fingerprint density at radius 2 is 1.94 bits per heavy atom. The number of hydrogen-bond donors (Lipinski definition) is 1. The summed E-state index contributed by atoms with van der Waals surface area (Å²) in [5.74, 6) is 0. The lowest BCUT2D eigenvalue weighted by Crippen LogP contribution is -2.18. The molecule has 0 rings (SSSR count). The lowest BCUT2D eigenvalue weighted by Gasteiger charge is -2.07. The molecule has 0 atom stereocenters. The maximum absolute atomic E-state index is 11.0. The van der Waals surface area contributed by atoms with E-state index in [9.17, 15) is 4.79 Å². The monoisotopic (exact) mass is 262 g/mol. The molecule has 0 aromatic rings. The number of carbonyl (C=O) groups excluding carboxylic acids is 1. The molecule has 7 nitrogen and oxygen atoms in total. The molecule has 0 aromatic heterocycles. The van der Waals surface area contributed by atoms with Gasteiger partial charge in [0.1, 0.15) is 24.9 Å². The van der Waals surface area contributed by atoms with Gasteiger partial charge < -0.3 is 9.47 Å². The number of carbonyl (C=O) groups is 1. The summed E-state index contributed by atoms with van der Waals surface area (Å²) in [4.78, 5) is 16.0. The predicted molar refractivity (Wildman–Crippen MR) is 65.0 cm³/mol. The first-order valence-electron chi connectivity index (χ1n) is 6.25. The summed E-state index contributed by atoms with van der Waals surface area (Å²) in [6.45, 7) is 9.84. The second-order valence-corrected chi connectivity index (χ2v) is 3.80. The van der Waals surface area contributed by atoms with Crippen molar-refractivity contribution in [2.24, 2.45) is 5.22 Å². The minimum Gasteiger partial charge on any atom is -0.434 e. The van der Waals surface area contributed by atoms with E-state index in [1.165, 1.54) is 0 Å². The van der Waals surface area contributed by atoms with Crippen LogP contribution in [0.25, 0.3) is 0 Å². The van der Waals surface area contributed by atoms with E-state index in [0.717, 1.165) is 13.1 Å². The Morgan fingerprint density at radius 1 is 1.28 bits per heavy atom.